The van der Waals surface area contributed by atoms with E-state index < -0.39 is 10.1 Å². The molecule has 1 aromatic carbocycles. The Labute approximate surface area is 234 Å². The van der Waals surface area contributed by atoms with Crippen LogP contribution in [-0.2, 0) is 14.3 Å². The lowest BCUT2D eigenvalue weighted by atomic mass is 9.44. The minimum absolute atomic E-state index is 0.172. The van der Waals surface area contributed by atoms with Gasteiger partial charge >= 0.3 is 0 Å². The zero-order valence-corrected chi connectivity index (χ0v) is 25.7. The molecule has 4 aliphatic carbocycles. The summed E-state index contributed by atoms with van der Waals surface area (Å²) in [5.74, 6) is 4.96. The quantitative estimate of drug-likeness (QED) is 0.231. The molecule has 9 atom stereocenters. The lowest BCUT2D eigenvalue weighted by Crippen LogP contribution is -2.54. The first kappa shape index (κ1) is 28.7. The van der Waals surface area contributed by atoms with E-state index in [1.54, 1.807) is 12.1 Å². The van der Waals surface area contributed by atoms with Gasteiger partial charge in [-0.05, 0) is 123 Å². The Morgan fingerprint density at radius 1 is 0.895 bits per heavy atom. The summed E-state index contributed by atoms with van der Waals surface area (Å²) < 4.78 is 31.9. The van der Waals surface area contributed by atoms with E-state index in [2.05, 4.69) is 27.7 Å². The summed E-state index contributed by atoms with van der Waals surface area (Å²) in [6.45, 7) is 12.1. The molecule has 0 bridgehead atoms. The van der Waals surface area contributed by atoms with Crippen molar-refractivity contribution in [2.75, 3.05) is 0 Å². The molecule has 0 saturated heterocycles. The van der Waals surface area contributed by atoms with Gasteiger partial charge in [-0.3, -0.25) is 4.18 Å². The van der Waals surface area contributed by atoms with Gasteiger partial charge in [0.25, 0.3) is 10.1 Å². The fraction of sp³-hybridized carbons (Fsp3) is 0.824. The van der Waals surface area contributed by atoms with E-state index in [4.69, 9.17) is 4.18 Å². The molecule has 5 rings (SSSR count). The maximum absolute atomic E-state index is 13.0. The van der Waals surface area contributed by atoms with Crippen molar-refractivity contribution in [1.82, 2.24) is 0 Å². The molecule has 4 heteroatoms. The minimum atomic E-state index is -3.70. The van der Waals surface area contributed by atoms with Crippen LogP contribution in [0.5, 0.6) is 0 Å². The number of hydrogen-bond donors (Lipinski definition) is 0. The van der Waals surface area contributed by atoms with E-state index in [0.29, 0.717) is 21.6 Å². The molecule has 1 aromatic rings. The van der Waals surface area contributed by atoms with Gasteiger partial charge in [0.1, 0.15) is 0 Å². The number of unbranched alkanes of at least 4 members (excludes halogenated alkanes) is 3. The number of rotatable bonds is 9. The zero-order chi connectivity index (χ0) is 27.1. The minimum Gasteiger partial charge on any atom is -0.263 e. The normalized spacial score (nSPS) is 39.7. The van der Waals surface area contributed by atoms with Gasteiger partial charge in [-0.2, -0.15) is 8.42 Å². The molecule has 4 saturated carbocycles. The summed E-state index contributed by atoms with van der Waals surface area (Å²) in [6, 6.07) is 7.08. The van der Waals surface area contributed by atoms with E-state index in [1.807, 2.05) is 19.1 Å². The Morgan fingerprint density at radius 2 is 1.61 bits per heavy atom. The monoisotopic (exact) mass is 542 g/mol. The number of hydrogen-bond acceptors (Lipinski definition) is 3. The Balaban J connectivity index is 1.23. The van der Waals surface area contributed by atoms with Gasteiger partial charge in [-0.15, -0.1) is 0 Å². The Kier molecular flexibility index (Phi) is 8.44. The second-order valence-corrected chi connectivity index (χ2v) is 16.0. The van der Waals surface area contributed by atoms with Crippen LogP contribution in [0.1, 0.15) is 123 Å². The van der Waals surface area contributed by atoms with E-state index in [0.717, 1.165) is 54.4 Å². The maximum Gasteiger partial charge on any atom is 0.297 e. The Morgan fingerprint density at radius 3 is 2.34 bits per heavy atom. The molecule has 0 amide bonds. The van der Waals surface area contributed by atoms with Crippen LogP contribution < -0.4 is 0 Å². The highest BCUT2D eigenvalue weighted by atomic mass is 32.2. The zero-order valence-electron chi connectivity index (χ0n) is 24.9. The van der Waals surface area contributed by atoms with Crippen LogP contribution in [0.3, 0.4) is 0 Å². The van der Waals surface area contributed by atoms with E-state index in [-0.39, 0.29) is 6.10 Å². The van der Waals surface area contributed by atoms with Gasteiger partial charge < -0.3 is 0 Å². The summed E-state index contributed by atoms with van der Waals surface area (Å²) >= 11 is 0. The largest absolute Gasteiger partial charge is 0.297 e. The number of aryl methyl sites for hydroxylation is 1. The molecule has 3 nitrogen and oxygen atoms in total. The van der Waals surface area contributed by atoms with E-state index in [9.17, 15) is 8.42 Å². The molecule has 9 unspecified atom stereocenters. The molecule has 214 valence electrons. The van der Waals surface area contributed by atoms with Gasteiger partial charge in [-0.1, -0.05) is 77.5 Å². The van der Waals surface area contributed by atoms with Crippen LogP contribution >= 0.6 is 0 Å². The van der Waals surface area contributed by atoms with Crippen molar-refractivity contribution in [3.8, 4) is 0 Å². The summed E-state index contributed by atoms with van der Waals surface area (Å²) in [7, 11) is -3.70. The number of fused-ring (bicyclic) bond motifs is 5. The van der Waals surface area contributed by atoms with Crippen LogP contribution in [0.4, 0.5) is 0 Å². The highest BCUT2D eigenvalue weighted by molar-refractivity contribution is 7.86. The van der Waals surface area contributed by atoms with Crippen LogP contribution in [0, 0.1) is 53.3 Å². The van der Waals surface area contributed by atoms with Crippen LogP contribution in [0.15, 0.2) is 29.2 Å². The first-order chi connectivity index (χ1) is 18.1. The summed E-state index contributed by atoms with van der Waals surface area (Å²) in [6.07, 6.45) is 18.0. The predicted octanol–water partition coefficient (Wildman–Crippen LogP) is 9.33. The fourth-order valence-electron chi connectivity index (χ4n) is 10.3. The van der Waals surface area contributed by atoms with Crippen LogP contribution in [-0.4, -0.2) is 14.5 Å². The topological polar surface area (TPSA) is 43.4 Å². The standard InChI is InChI=1S/C34H54O3S/c1-6-7-8-9-10-25(3)30-17-18-31-29-16-13-26-23-27(37-38(35,36)28-14-11-24(2)12-15-28)19-21-33(26,4)32(29)20-22-34(30,31)5/h11-12,14-15,25-27,29-32H,6-10,13,16-23H2,1-5H3. The molecule has 4 aliphatic rings. The Bertz CT molecular complexity index is 1050. The smallest absolute Gasteiger partial charge is 0.263 e. The third-order valence-corrected chi connectivity index (χ3v) is 13.8. The lowest BCUT2D eigenvalue weighted by Gasteiger charge is -2.61. The maximum atomic E-state index is 13.0. The average Bonchev–Trinajstić information content (AvgIpc) is 3.24. The highest BCUT2D eigenvalue weighted by Gasteiger charge is 2.60. The van der Waals surface area contributed by atoms with E-state index in [1.165, 1.54) is 70.6 Å². The van der Waals surface area contributed by atoms with Crippen molar-refractivity contribution < 1.29 is 12.6 Å². The van der Waals surface area contributed by atoms with Crippen LogP contribution in [0.2, 0.25) is 0 Å². The second-order valence-electron chi connectivity index (χ2n) is 14.5. The second kappa shape index (κ2) is 11.2. The van der Waals surface area contributed by atoms with Crippen molar-refractivity contribution in [3.63, 3.8) is 0 Å². The molecular formula is C34H54O3S. The lowest BCUT2D eigenvalue weighted by molar-refractivity contribution is -0.126. The van der Waals surface area contributed by atoms with Gasteiger partial charge in [0.2, 0.25) is 0 Å². The molecule has 38 heavy (non-hydrogen) atoms. The van der Waals surface area contributed by atoms with Gasteiger partial charge in [0.05, 0.1) is 11.0 Å². The molecule has 0 heterocycles. The SMILES string of the molecule is CCCCCCC(C)C1CCC2C3CCC4CC(OS(=O)(=O)c5ccc(C)cc5)CCC4(C)C3CCC12C. The fourth-order valence-corrected chi connectivity index (χ4v) is 11.4. The van der Waals surface area contributed by atoms with Gasteiger partial charge in [-0.25, -0.2) is 0 Å². The predicted molar refractivity (Wildman–Crippen MR) is 156 cm³/mol. The molecule has 0 aromatic heterocycles. The summed E-state index contributed by atoms with van der Waals surface area (Å²) in [4.78, 5) is 0.294. The van der Waals surface area contributed by atoms with Gasteiger partial charge in [0.15, 0.2) is 0 Å². The molecule has 4 fully saturated rings. The first-order valence-electron chi connectivity index (χ1n) is 16.1. The van der Waals surface area contributed by atoms with Crippen LogP contribution in [0.25, 0.3) is 0 Å². The Hall–Kier alpha value is -0.870. The van der Waals surface area contributed by atoms with Gasteiger partial charge in [0, 0.05) is 0 Å². The van der Waals surface area contributed by atoms with Crippen molar-refractivity contribution >= 4 is 10.1 Å². The third-order valence-electron chi connectivity index (χ3n) is 12.5. The molecular weight excluding hydrogens is 488 g/mol. The van der Waals surface area contributed by atoms with E-state index >= 15 is 0 Å². The summed E-state index contributed by atoms with van der Waals surface area (Å²) in [5, 5.41) is 0. The third kappa shape index (κ3) is 5.27. The molecule has 0 radical (unpaired) electrons. The average molecular weight is 543 g/mol. The number of benzene rings is 1. The summed E-state index contributed by atoms with van der Waals surface area (Å²) in [5.41, 5.74) is 1.95. The van der Waals surface area contributed by atoms with Crippen molar-refractivity contribution in [1.29, 1.82) is 0 Å². The first-order valence-corrected chi connectivity index (χ1v) is 17.5. The highest BCUT2D eigenvalue weighted by Crippen LogP contribution is 2.68. The molecule has 0 spiro atoms. The van der Waals surface area contributed by atoms with Crippen molar-refractivity contribution in [3.05, 3.63) is 29.8 Å². The molecule has 0 N–H and O–H groups in total. The molecule has 0 aliphatic heterocycles. The van der Waals surface area contributed by atoms with Crippen molar-refractivity contribution in [2.45, 2.75) is 136 Å². The van der Waals surface area contributed by atoms with Crippen molar-refractivity contribution in [2.24, 2.45) is 46.3 Å².